The van der Waals surface area contributed by atoms with Crippen molar-refractivity contribution in [1.82, 2.24) is 5.32 Å². The first-order valence-electron chi connectivity index (χ1n) is 24.5. The summed E-state index contributed by atoms with van der Waals surface area (Å²) in [5.74, 6) is -0.0284. The molecule has 2 unspecified atom stereocenters. The third-order valence-electron chi connectivity index (χ3n) is 11.5. The maximum atomic E-state index is 12.4. The predicted octanol–water partition coefficient (Wildman–Crippen LogP) is 15.6. The molecule has 0 saturated carbocycles. The van der Waals surface area contributed by atoms with Crippen LogP contribution in [0.5, 0.6) is 0 Å². The molecule has 0 aromatic rings. The summed E-state index contributed by atoms with van der Waals surface area (Å²) in [4.78, 5) is 12.4. The van der Waals surface area contributed by atoms with E-state index in [2.05, 4.69) is 43.5 Å². The van der Waals surface area contributed by atoms with Gasteiger partial charge in [0.25, 0.3) is 0 Å². The van der Waals surface area contributed by atoms with Crippen LogP contribution in [-0.2, 0) is 4.79 Å². The molecule has 4 nitrogen and oxygen atoms in total. The van der Waals surface area contributed by atoms with Gasteiger partial charge in [0.2, 0.25) is 5.91 Å². The van der Waals surface area contributed by atoms with E-state index in [0.717, 1.165) is 32.1 Å². The first kappa shape index (κ1) is 52.9. The van der Waals surface area contributed by atoms with Gasteiger partial charge in [0.1, 0.15) is 0 Å². The number of allylic oxidation sites excluding steroid dienone is 4. The summed E-state index contributed by atoms with van der Waals surface area (Å²) < 4.78 is 0. The largest absolute Gasteiger partial charge is 0.394 e. The van der Waals surface area contributed by atoms with Crippen molar-refractivity contribution in [2.75, 3.05) is 6.61 Å². The molecule has 0 aromatic heterocycles. The molecule has 0 aliphatic heterocycles. The summed E-state index contributed by atoms with van der Waals surface area (Å²) in [7, 11) is 0. The number of carbonyl (C=O) groups excluding carboxylic acids is 1. The fourth-order valence-corrected chi connectivity index (χ4v) is 7.69. The zero-order valence-corrected chi connectivity index (χ0v) is 36.8. The van der Waals surface area contributed by atoms with Gasteiger partial charge in [-0.25, -0.2) is 0 Å². The summed E-state index contributed by atoms with van der Waals surface area (Å²) in [6.45, 7) is 4.36. The Morgan fingerprint density at radius 2 is 0.759 bits per heavy atom. The van der Waals surface area contributed by atoms with Gasteiger partial charge < -0.3 is 15.5 Å². The van der Waals surface area contributed by atoms with E-state index in [1.165, 1.54) is 212 Å². The molecule has 1 amide bonds. The number of amides is 1. The van der Waals surface area contributed by atoms with E-state index in [1.54, 1.807) is 0 Å². The molecular weight excluding hydrogens is 663 g/mol. The molecule has 320 valence electrons. The summed E-state index contributed by atoms with van der Waals surface area (Å²) in [6, 6.07) is -0.532. The number of aliphatic hydroxyl groups excluding tert-OH is 2. The number of aliphatic hydroxyl groups is 2. The number of hydrogen-bond donors (Lipinski definition) is 3. The summed E-state index contributed by atoms with van der Waals surface area (Å²) in [5.41, 5.74) is 0. The number of nitrogens with one attached hydrogen (secondary N) is 1. The fraction of sp³-hybridized carbons (Fsp3) is 0.900. The molecule has 3 N–H and O–H groups in total. The normalized spacial score (nSPS) is 13.0. The maximum absolute atomic E-state index is 12.4. The van der Waals surface area contributed by atoms with Crippen LogP contribution in [0.2, 0.25) is 0 Å². The molecule has 0 rings (SSSR count). The molecule has 2 atom stereocenters. The van der Waals surface area contributed by atoms with Crippen molar-refractivity contribution in [2.24, 2.45) is 0 Å². The molecule has 4 heteroatoms. The van der Waals surface area contributed by atoms with E-state index >= 15 is 0 Å². The SMILES string of the molecule is CCCCCCC/C=C\C/C=C\CCCCCCCCCCCCCCCCCCCC(=O)NC(CO)C(O)CCCCCCCCCCCCCCC. The van der Waals surface area contributed by atoms with Crippen molar-refractivity contribution in [2.45, 2.75) is 283 Å². The molecule has 54 heavy (non-hydrogen) atoms. The smallest absolute Gasteiger partial charge is 0.220 e. The van der Waals surface area contributed by atoms with Gasteiger partial charge in [0, 0.05) is 6.42 Å². The quantitative estimate of drug-likeness (QED) is 0.0428. The van der Waals surface area contributed by atoms with E-state index in [-0.39, 0.29) is 12.5 Å². The van der Waals surface area contributed by atoms with E-state index < -0.39 is 12.1 Å². The van der Waals surface area contributed by atoms with E-state index in [0.29, 0.717) is 12.8 Å². The van der Waals surface area contributed by atoms with Crippen molar-refractivity contribution in [3.8, 4) is 0 Å². The van der Waals surface area contributed by atoms with Gasteiger partial charge in [-0.2, -0.15) is 0 Å². The maximum Gasteiger partial charge on any atom is 0.220 e. The lowest BCUT2D eigenvalue weighted by molar-refractivity contribution is -0.123. The molecule has 0 aromatic carbocycles. The minimum absolute atomic E-state index is 0.0284. The highest BCUT2D eigenvalue weighted by atomic mass is 16.3. The Labute approximate surface area is 339 Å². The molecule has 0 bridgehead atoms. The number of unbranched alkanes of at least 4 members (excludes halogenated alkanes) is 34. The summed E-state index contributed by atoms with van der Waals surface area (Å²) in [6.07, 6.45) is 59.9. The van der Waals surface area contributed by atoms with Gasteiger partial charge in [0.15, 0.2) is 0 Å². The number of rotatable bonds is 45. The second kappa shape index (κ2) is 46.3. The molecule has 0 fully saturated rings. The first-order chi connectivity index (χ1) is 26.7. The predicted molar refractivity (Wildman–Crippen MR) is 239 cm³/mol. The standard InChI is InChI=1S/C50H97NO3/c1-3-5-7-9-11-13-15-17-18-19-20-21-22-23-24-25-26-27-28-29-30-31-32-34-36-38-40-42-44-46-50(54)51-48(47-52)49(53)45-43-41-39-37-35-33-16-14-12-10-8-6-4-2/h15,17,19-20,48-49,52-53H,3-14,16,18,21-47H2,1-2H3,(H,51,54)/b17-15-,20-19-. The lowest BCUT2D eigenvalue weighted by Crippen LogP contribution is -2.45. The second-order valence-corrected chi connectivity index (χ2v) is 16.9. The highest BCUT2D eigenvalue weighted by Gasteiger charge is 2.20. The Morgan fingerprint density at radius 3 is 1.11 bits per heavy atom. The van der Waals surface area contributed by atoms with Crippen LogP contribution in [0, 0.1) is 0 Å². The van der Waals surface area contributed by atoms with Gasteiger partial charge in [-0.05, 0) is 44.9 Å². The third kappa shape index (κ3) is 42.0. The molecular formula is C50H97NO3. The molecule has 0 heterocycles. The lowest BCUT2D eigenvalue weighted by Gasteiger charge is -2.22. The average molecular weight is 760 g/mol. The van der Waals surface area contributed by atoms with E-state index in [4.69, 9.17) is 0 Å². The van der Waals surface area contributed by atoms with E-state index in [1.807, 2.05) is 0 Å². The summed E-state index contributed by atoms with van der Waals surface area (Å²) in [5, 5.41) is 23.2. The summed E-state index contributed by atoms with van der Waals surface area (Å²) >= 11 is 0. The van der Waals surface area contributed by atoms with Crippen molar-refractivity contribution in [3.63, 3.8) is 0 Å². The van der Waals surface area contributed by atoms with Gasteiger partial charge in [-0.15, -0.1) is 0 Å². The minimum atomic E-state index is -0.656. The Kier molecular flexibility index (Phi) is 45.3. The minimum Gasteiger partial charge on any atom is -0.394 e. The van der Waals surface area contributed by atoms with Crippen LogP contribution < -0.4 is 5.32 Å². The van der Waals surface area contributed by atoms with Crippen LogP contribution in [0.4, 0.5) is 0 Å². The second-order valence-electron chi connectivity index (χ2n) is 16.9. The Morgan fingerprint density at radius 1 is 0.444 bits per heavy atom. The monoisotopic (exact) mass is 760 g/mol. The van der Waals surface area contributed by atoms with Gasteiger partial charge in [0.05, 0.1) is 18.8 Å². The van der Waals surface area contributed by atoms with Crippen molar-refractivity contribution in [1.29, 1.82) is 0 Å². The highest BCUT2D eigenvalue weighted by molar-refractivity contribution is 5.76. The van der Waals surface area contributed by atoms with Crippen molar-refractivity contribution < 1.29 is 15.0 Å². The zero-order chi connectivity index (χ0) is 39.3. The lowest BCUT2D eigenvalue weighted by atomic mass is 10.0. The Hall–Kier alpha value is -1.13. The topological polar surface area (TPSA) is 69.6 Å². The molecule has 0 aliphatic carbocycles. The Balaban J connectivity index is 3.43. The number of carbonyl (C=O) groups is 1. The third-order valence-corrected chi connectivity index (χ3v) is 11.5. The zero-order valence-electron chi connectivity index (χ0n) is 36.8. The van der Waals surface area contributed by atoms with Crippen LogP contribution in [0.25, 0.3) is 0 Å². The molecule has 0 aliphatic rings. The van der Waals surface area contributed by atoms with Crippen LogP contribution in [0.3, 0.4) is 0 Å². The molecule has 0 spiro atoms. The van der Waals surface area contributed by atoms with Gasteiger partial charge in [-0.3, -0.25) is 4.79 Å². The van der Waals surface area contributed by atoms with Crippen molar-refractivity contribution in [3.05, 3.63) is 24.3 Å². The Bertz CT molecular complexity index is 780. The molecule has 0 saturated heterocycles. The molecule has 0 radical (unpaired) electrons. The highest BCUT2D eigenvalue weighted by Crippen LogP contribution is 2.17. The average Bonchev–Trinajstić information content (AvgIpc) is 3.18. The van der Waals surface area contributed by atoms with Crippen LogP contribution >= 0.6 is 0 Å². The number of hydrogen-bond acceptors (Lipinski definition) is 3. The fourth-order valence-electron chi connectivity index (χ4n) is 7.69. The van der Waals surface area contributed by atoms with Crippen molar-refractivity contribution >= 4 is 5.91 Å². The van der Waals surface area contributed by atoms with Crippen LogP contribution in [-0.4, -0.2) is 34.9 Å². The van der Waals surface area contributed by atoms with Crippen LogP contribution in [0.1, 0.15) is 271 Å². The van der Waals surface area contributed by atoms with Gasteiger partial charge >= 0.3 is 0 Å². The van der Waals surface area contributed by atoms with E-state index in [9.17, 15) is 15.0 Å². The van der Waals surface area contributed by atoms with Gasteiger partial charge in [-0.1, -0.05) is 244 Å². The first-order valence-corrected chi connectivity index (χ1v) is 24.5. The van der Waals surface area contributed by atoms with Crippen LogP contribution in [0.15, 0.2) is 24.3 Å².